The number of rotatable bonds is 9. The SMILES string of the molecule is CC(C)OC(=O)O.CCN/[N+]([O-])=N/OCOCOCC. The molecule has 2 N–H and O–H groups in total. The first-order valence-corrected chi connectivity index (χ1v) is 6.02. The van der Waals surface area contributed by atoms with Gasteiger partial charge in [-0.1, -0.05) is 0 Å². The molecule has 10 heteroatoms. The third-order valence-corrected chi connectivity index (χ3v) is 1.27. The van der Waals surface area contributed by atoms with Gasteiger partial charge >= 0.3 is 6.16 Å². The second-order valence-corrected chi connectivity index (χ2v) is 3.36. The molecule has 10 nitrogen and oxygen atoms in total. The lowest BCUT2D eigenvalue weighted by Gasteiger charge is -2.01. The van der Waals surface area contributed by atoms with Crippen LogP contribution in [0.1, 0.15) is 27.7 Å². The lowest BCUT2D eigenvalue weighted by molar-refractivity contribution is -0.615. The molecule has 0 heterocycles. The Bertz CT molecular complexity index is 261. The van der Waals surface area contributed by atoms with Gasteiger partial charge in [0.1, 0.15) is 0 Å². The molecule has 0 rings (SSSR count). The van der Waals surface area contributed by atoms with Gasteiger partial charge in [-0.3, -0.25) is 0 Å². The van der Waals surface area contributed by atoms with E-state index in [9.17, 15) is 10.0 Å². The summed E-state index contributed by atoms with van der Waals surface area (Å²) in [5, 5.41) is 21.5. The molecule has 0 spiro atoms. The molecule has 0 aliphatic carbocycles. The minimum absolute atomic E-state index is 0.107. The first-order valence-electron chi connectivity index (χ1n) is 6.02. The van der Waals surface area contributed by atoms with Gasteiger partial charge in [0.15, 0.2) is 6.79 Å². The van der Waals surface area contributed by atoms with E-state index in [4.69, 9.17) is 14.6 Å². The lowest BCUT2D eigenvalue weighted by Crippen LogP contribution is -2.22. The van der Waals surface area contributed by atoms with Crippen LogP contribution in [0.15, 0.2) is 5.28 Å². The van der Waals surface area contributed by atoms with Gasteiger partial charge < -0.3 is 29.4 Å². The Hall–Kier alpha value is -1.81. The number of carboxylic acid groups (broad SMARTS) is 1. The second-order valence-electron chi connectivity index (χ2n) is 3.36. The van der Waals surface area contributed by atoms with E-state index in [0.29, 0.717) is 13.2 Å². The van der Waals surface area contributed by atoms with Gasteiger partial charge in [-0.15, -0.1) is 0 Å². The fraction of sp³-hybridized carbons (Fsp3) is 0.900. The molecular weight excluding hydrogens is 274 g/mol. The maximum atomic E-state index is 10.6. The molecule has 0 radical (unpaired) electrons. The van der Waals surface area contributed by atoms with Crippen LogP contribution in [0.25, 0.3) is 0 Å². The zero-order valence-electron chi connectivity index (χ0n) is 12.2. The van der Waals surface area contributed by atoms with Gasteiger partial charge in [-0.2, -0.15) is 5.43 Å². The number of ether oxygens (including phenoxy) is 3. The standard InChI is InChI=1S/C6H15N3O4.C4H8O3/c1-3-7-9(10)8-13-6-12-5-11-4-2;1-3(2)7-4(5)6/h3-6H2,1-2H3,(H,7,8);3H,1-2H3,(H,5,6). The number of nitrogens with one attached hydrogen (secondary N) is 1. The maximum Gasteiger partial charge on any atom is 0.506 e. The Morgan fingerprint density at radius 2 is 2.00 bits per heavy atom. The summed E-state index contributed by atoms with van der Waals surface area (Å²) in [5.74, 6) is 0. The highest BCUT2D eigenvalue weighted by Gasteiger charge is 1.97. The van der Waals surface area contributed by atoms with Crippen LogP contribution < -0.4 is 5.43 Å². The zero-order chi connectivity index (χ0) is 15.8. The average Bonchev–Trinajstić information content (AvgIpc) is 2.33. The van der Waals surface area contributed by atoms with Crippen molar-refractivity contribution in [2.75, 3.05) is 26.7 Å². The molecule has 0 amide bonds. The molecule has 0 atom stereocenters. The van der Waals surface area contributed by atoms with Crippen LogP contribution in [0.2, 0.25) is 0 Å². The molecule has 0 aromatic heterocycles. The zero-order valence-corrected chi connectivity index (χ0v) is 12.2. The van der Waals surface area contributed by atoms with Crippen molar-refractivity contribution in [1.82, 2.24) is 5.43 Å². The Balaban J connectivity index is 0. The third kappa shape index (κ3) is 21.5. The average molecular weight is 297 g/mol. The Morgan fingerprint density at radius 3 is 2.40 bits per heavy atom. The minimum Gasteiger partial charge on any atom is -0.569 e. The molecule has 0 aliphatic rings. The predicted octanol–water partition coefficient (Wildman–Crippen LogP) is 1.46. The van der Waals surface area contributed by atoms with Crippen LogP contribution in [0, 0.1) is 5.21 Å². The first-order chi connectivity index (χ1) is 9.43. The molecule has 0 unspecified atom stereocenters. The van der Waals surface area contributed by atoms with Gasteiger partial charge in [0.25, 0.3) is 0 Å². The Kier molecular flexibility index (Phi) is 15.6. The topological polar surface area (TPSA) is 125 Å². The summed E-state index contributed by atoms with van der Waals surface area (Å²) in [6.45, 7) is 8.02. The highest BCUT2D eigenvalue weighted by molar-refractivity contribution is 5.56. The maximum absolute atomic E-state index is 10.6. The van der Waals surface area contributed by atoms with E-state index < -0.39 is 6.16 Å². The first kappa shape index (κ1) is 20.5. The number of hydrogen-bond donors (Lipinski definition) is 2. The van der Waals surface area contributed by atoms with E-state index in [-0.39, 0.29) is 24.7 Å². The van der Waals surface area contributed by atoms with E-state index >= 15 is 0 Å². The quantitative estimate of drug-likeness (QED) is 0.164. The highest BCUT2D eigenvalue weighted by Crippen LogP contribution is 1.85. The normalized spacial score (nSPS) is 10.6. The predicted molar refractivity (Wildman–Crippen MR) is 67.5 cm³/mol. The van der Waals surface area contributed by atoms with Crippen molar-refractivity contribution < 1.29 is 33.9 Å². The van der Waals surface area contributed by atoms with Gasteiger partial charge in [-0.05, 0) is 27.7 Å². The molecule has 0 aliphatic heterocycles. The van der Waals surface area contributed by atoms with Crippen molar-refractivity contribution >= 4 is 6.16 Å². The van der Waals surface area contributed by atoms with E-state index in [2.05, 4.69) is 20.3 Å². The smallest absolute Gasteiger partial charge is 0.506 e. The molecule has 120 valence electrons. The molecule has 0 aromatic carbocycles. The van der Waals surface area contributed by atoms with Crippen molar-refractivity contribution in [3.8, 4) is 0 Å². The summed E-state index contributed by atoms with van der Waals surface area (Å²) in [4.78, 5) is 14.3. The number of nitrogens with zero attached hydrogens (tertiary/aromatic N) is 2. The van der Waals surface area contributed by atoms with Crippen LogP contribution in [0.3, 0.4) is 0 Å². The van der Waals surface area contributed by atoms with E-state index in [1.165, 1.54) is 0 Å². The van der Waals surface area contributed by atoms with Gasteiger partial charge in [0.05, 0.1) is 17.6 Å². The van der Waals surface area contributed by atoms with E-state index in [1.807, 2.05) is 6.92 Å². The number of carbonyl (C=O) groups is 1. The minimum atomic E-state index is -1.21. The van der Waals surface area contributed by atoms with Gasteiger partial charge in [-0.25, -0.2) is 4.79 Å². The van der Waals surface area contributed by atoms with Crippen LogP contribution in [0.4, 0.5) is 4.79 Å². The van der Waals surface area contributed by atoms with E-state index in [1.54, 1.807) is 20.8 Å². The van der Waals surface area contributed by atoms with Gasteiger partial charge in [0.2, 0.25) is 12.1 Å². The number of hydrazine groups is 1. The Labute approximate surface area is 117 Å². The van der Waals surface area contributed by atoms with Gasteiger partial charge in [0, 0.05) is 6.61 Å². The fourth-order valence-corrected chi connectivity index (χ4v) is 0.655. The van der Waals surface area contributed by atoms with Crippen molar-refractivity contribution in [1.29, 1.82) is 0 Å². The molecule has 0 saturated heterocycles. The van der Waals surface area contributed by atoms with Crippen LogP contribution in [-0.2, 0) is 19.0 Å². The summed E-state index contributed by atoms with van der Waals surface area (Å²) in [6, 6.07) is 0. The second kappa shape index (κ2) is 15.2. The molecule has 0 saturated carbocycles. The summed E-state index contributed by atoms with van der Waals surface area (Å²) >= 11 is 0. The molecule has 0 fully saturated rings. The fourth-order valence-electron chi connectivity index (χ4n) is 0.655. The van der Waals surface area contributed by atoms with Crippen molar-refractivity contribution in [2.45, 2.75) is 33.8 Å². The molecule has 0 bridgehead atoms. The molecular formula is C10H23N3O7. The van der Waals surface area contributed by atoms with Crippen molar-refractivity contribution in [3.05, 3.63) is 5.21 Å². The van der Waals surface area contributed by atoms with E-state index in [0.717, 1.165) is 0 Å². The molecule has 20 heavy (non-hydrogen) atoms. The van der Waals surface area contributed by atoms with Crippen LogP contribution in [0.5, 0.6) is 0 Å². The molecule has 0 aromatic rings. The largest absolute Gasteiger partial charge is 0.569 e. The summed E-state index contributed by atoms with van der Waals surface area (Å²) in [6.07, 6.45) is -1.44. The Morgan fingerprint density at radius 1 is 1.35 bits per heavy atom. The number of hydrogen-bond acceptors (Lipinski definition) is 7. The van der Waals surface area contributed by atoms with Crippen molar-refractivity contribution in [2.24, 2.45) is 5.28 Å². The van der Waals surface area contributed by atoms with Crippen molar-refractivity contribution in [3.63, 3.8) is 0 Å². The van der Waals surface area contributed by atoms with Crippen LogP contribution in [-0.4, -0.2) is 49.1 Å². The third-order valence-electron chi connectivity index (χ3n) is 1.27. The summed E-state index contributed by atoms with van der Waals surface area (Å²) in [7, 11) is 0. The van der Waals surface area contributed by atoms with Crippen LogP contribution >= 0.6 is 0 Å². The summed E-state index contributed by atoms with van der Waals surface area (Å²) < 4.78 is 13.8. The lowest BCUT2D eigenvalue weighted by atomic mass is 10.5. The monoisotopic (exact) mass is 297 g/mol. The highest BCUT2D eigenvalue weighted by atomic mass is 16.8. The summed E-state index contributed by atoms with van der Waals surface area (Å²) in [5.41, 5.74) is 2.35.